The minimum absolute atomic E-state index is 0.0744. The van der Waals surface area contributed by atoms with Crippen LogP contribution in [0, 0.1) is 0 Å². The lowest BCUT2D eigenvalue weighted by atomic mass is 10.3. The standard InChI is InChI=1S/C15H13ClN2O2/c16-10-13(19)11-17-18-12-6-8-15(9-7-12)20-14-4-2-1-3-5-14/h1-9,11,18H,10H2. The molecule has 0 bridgehead atoms. The largest absolute Gasteiger partial charge is 0.457 e. The number of rotatable bonds is 6. The maximum Gasteiger partial charge on any atom is 0.190 e. The number of alkyl halides is 1. The van der Waals surface area contributed by atoms with E-state index in [0.717, 1.165) is 23.4 Å². The molecule has 0 unspecified atom stereocenters. The number of hydrogen-bond acceptors (Lipinski definition) is 4. The number of ether oxygens (including phenoxy) is 1. The monoisotopic (exact) mass is 288 g/mol. The number of carbonyl (C=O) groups is 1. The van der Waals surface area contributed by atoms with Crippen molar-refractivity contribution in [1.82, 2.24) is 0 Å². The van der Waals surface area contributed by atoms with Crippen molar-refractivity contribution < 1.29 is 9.53 Å². The number of hydrazone groups is 1. The number of carbonyl (C=O) groups excluding carboxylic acids is 1. The molecule has 0 fully saturated rings. The third kappa shape index (κ3) is 4.40. The smallest absolute Gasteiger partial charge is 0.190 e. The number of hydrogen-bond donors (Lipinski definition) is 1. The molecule has 102 valence electrons. The summed E-state index contributed by atoms with van der Waals surface area (Å²) >= 11 is 5.35. The molecule has 0 atom stereocenters. The second-order valence-electron chi connectivity index (χ2n) is 3.91. The highest BCUT2D eigenvalue weighted by Crippen LogP contribution is 2.22. The summed E-state index contributed by atoms with van der Waals surface area (Å²) in [6.07, 6.45) is 1.15. The molecule has 0 heterocycles. The van der Waals surface area contributed by atoms with Crippen molar-refractivity contribution >= 4 is 29.3 Å². The van der Waals surface area contributed by atoms with Gasteiger partial charge in [-0.15, -0.1) is 11.6 Å². The zero-order valence-corrected chi connectivity index (χ0v) is 11.4. The Balaban J connectivity index is 1.93. The van der Waals surface area contributed by atoms with Gasteiger partial charge in [0, 0.05) is 0 Å². The van der Waals surface area contributed by atoms with Gasteiger partial charge in [0.05, 0.1) is 17.8 Å². The number of ketones is 1. The van der Waals surface area contributed by atoms with Crippen LogP contribution in [0.5, 0.6) is 11.5 Å². The van der Waals surface area contributed by atoms with Gasteiger partial charge in [0.25, 0.3) is 0 Å². The van der Waals surface area contributed by atoms with Crippen molar-refractivity contribution in [2.45, 2.75) is 0 Å². The van der Waals surface area contributed by atoms with Crippen molar-refractivity contribution in [2.75, 3.05) is 11.3 Å². The molecule has 20 heavy (non-hydrogen) atoms. The van der Waals surface area contributed by atoms with Crippen LogP contribution in [-0.4, -0.2) is 17.9 Å². The number of anilines is 1. The van der Waals surface area contributed by atoms with Crippen molar-refractivity contribution in [3.8, 4) is 11.5 Å². The fourth-order valence-electron chi connectivity index (χ4n) is 1.44. The Bertz CT molecular complexity index is 583. The molecular weight excluding hydrogens is 276 g/mol. The molecule has 0 aliphatic rings. The van der Waals surface area contributed by atoms with Gasteiger partial charge in [-0.25, -0.2) is 0 Å². The number of nitrogens with one attached hydrogen (secondary N) is 1. The van der Waals surface area contributed by atoms with Gasteiger partial charge in [0.2, 0.25) is 0 Å². The number of nitrogens with zero attached hydrogens (tertiary/aromatic N) is 1. The Morgan fingerprint density at radius 2 is 1.75 bits per heavy atom. The predicted octanol–water partition coefficient (Wildman–Crippen LogP) is 3.68. The lowest BCUT2D eigenvalue weighted by Gasteiger charge is -2.06. The van der Waals surface area contributed by atoms with Crippen molar-refractivity contribution in [3.05, 3.63) is 54.6 Å². The first-order valence-corrected chi connectivity index (χ1v) is 6.52. The normalized spacial score (nSPS) is 10.4. The van der Waals surface area contributed by atoms with E-state index in [1.54, 1.807) is 12.1 Å². The Kier molecular flexibility index (Phi) is 5.15. The van der Waals surface area contributed by atoms with E-state index in [-0.39, 0.29) is 11.7 Å². The highest BCUT2D eigenvalue weighted by molar-refractivity contribution is 6.41. The number of benzene rings is 2. The van der Waals surface area contributed by atoms with Crippen LogP contribution >= 0.6 is 11.6 Å². The Labute approximate surface area is 122 Å². The minimum Gasteiger partial charge on any atom is -0.457 e. The van der Waals surface area contributed by atoms with Gasteiger partial charge >= 0.3 is 0 Å². The van der Waals surface area contributed by atoms with Crippen molar-refractivity contribution in [2.24, 2.45) is 5.10 Å². The summed E-state index contributed by atoms with van der Waals surface area (Å²) in [6, 6.07) is 16.8. The van der Waals surface area contributed by atoms with E-state index in [1.165, 1.54) is 0 Å². The van der Waals surface area contributed by atoms with Crippen LogP contribution in [0.4, 0.5) is 5.69 Å². The van der Waals surface area contributed by atoms with E-state index in [1.807, 2.05) is 42.5 Å². The topological polar surface area (TPSA) is 50.7 Å². The van der Waals surface area contributed by atoms with E-state index < -0.39 is 0 Å². The van der Waals surface area contributed by atoms with Gasteiger partial charge < -0.3 is 4.74 Å². The van der Waals surface area contributed by atoms with Crippen LogP contribution in [0.2, 0.25) is 0 Å². The summed E-state index contributed by atoms with van der Waals surface area (Å²) in [5, 5.41) is 3.78. The van der Waals surface area contributed by atoms with E-state index in [4.69, 9.17) is 16.3 Å². The number of Topliss-reactive ketones (excluding diaryl/α,β-unsaturated/α-hetero) is 1. The Morgan fingerprint density at radius 3 is 2.40 bits per heavy atom. The zero-order valence-electron chi connectivity index (χ0n) is 10.6. The molecule has 2 aromatic rings. The molecule has 1 N–H and O–H groups in total. The van der Waals surface area contributed by atoms with Crippen LogP contribution in [0.1, 0.15) is 0 Å². The first-order chi connectivity index (χ1) is 9.78. The third-order valence-corrected chi connectivity index (χ3v) is 2.63. The first kappa shape index (κ1) is 14.1. The van der Waals surface area contributed by atoms with Gasteiger partial charge in [0.1, 0.15) is 11.5 Å². The SMILES string of the molecule is O=C(C=NNc1ccc(Oc2ccccc2)cc1)CCl. The van der Waals surface area contributed by atoms with Gasteiger partial charge in [-0.05, 0) is 36.4 Å². The van der Waals surface area contributed by atoms with Gasteiger partial charge in [-0.2, -0.15) is 5.10 Å². The maximum absolute atomic E-state index is 10.9. The summed E-state index contributed by atoms with van der Waals surface area (Å²) in [7, 11) is 0. The highest BCUT2D eigenvalue weighted by atomic mass is 35.5. The lowest BCUT2D eigenvalue weighted by Crippen LogP contribution is -2.02. The number of para-hydroxylation sites is 1. The van der Waals surface area contributed by atoms with Crippen LogP contribution in [0.25, 0.3) is 0 Å². The molecule has 0 aliphatic heterocycles. The fourth-order valence-corrected chi connectivity index (χ4v) is 1.50. The second kappa shape index (κ2) is 7.31. The average molecular weight is 289 g/mol. The quantitative estimate of drug-likeness (QED) is 0.501. The lowest BCUT2D eigenvalue weighted by molar-refractivity contribution is -0.110. The van der Waals surface area contributed by atoms with Crippen LogP contribution < -0.4 is 10.2 Å². The Hall–Kier alpha value is -2.33. The molecule has 5 heteroatoms. The van der Waals surface area contributed by atoms with E-state index in [2.05, 4.69) is 10.5 Å². The maximum atomic E-state index is 10.9. The third-order valence-electron chi connectivity index (χ3n) is 2.37. The van der Waals surface area contributed by atoms with Crippen LogP contribution in [-0.2, 0) is 4.79 Å². The molecule has 2 aromatic carbocycles. The average Bonchev–Trinajstić information content (AvgIpc) is 2.50. The molecule has 0 aromatic heterocycles. The molecule has 4 nitrogen and oxygen atoms in total. The summed E-state index contributed by atoms with van der Waals surface area (Å²) < 4.78 is 5.66. The van der Waals surface area contributed by atoms with E-state index in [0.29, 0.717) is 0 Å². The zero-order chi connectivity index (χ0) is 14.2. The van der Waals surface area contributed by atoms with E-state index in [9.17, 15) is 4.79 Å². The highest BCUT2D eigenvalue weighted by Gasteiger charge is 1.97. The van der Waals surface area contributed by atoms with Crippen LogP contribution in [0.3, 0.4) is 0 Å². The van der Waals surface area contributed by atoms with Gasteiger partial charge in [-0.3, -0.25) is 10.2 Å². The summed E-state index contributed by atoms with van der Waals surface area (Å²) in [5.41, 5.74) is 3.49. The molecule has 0 aliphatic carbocycles. The van der Waals surface area contributed by atoms with Crippen LogP contribution in [0.15, 0.2) is 59.7 Å². The summed E-state index contributed by atoms with van der Waals surface area (Å²) in [4.78, 5) is 10.9. The molecule has 2 rings (SSSR count). The molecular formula is C15H13ClN2O2. The summed E-state index contributed by atoms with van der Waals surface area (Å²) in [5.74, 6) is 1.18. The fraction of sp³-hybridized carbons (Fsp3) is 0.0667. The molecule has 0 saturated carbocycles. The van der Waals surface area contributed by atoms with Gasteiger partial charge in [0.15, 0.2) is 5.78 Å². The first-order valence-electron chi connectivity index (χ1n) is 5.99. The second-order valence-corrected chi connectivity index (χ2v) is 4.18. The Morgan fingerprint density at radius 1 is 1.10 bits per heavy atom. The molecule has 0 radical (unpaired) electrons. The van der Waals surface area contributed by atoms with Gasteiger partial charge in [-0.1, -0.05) is 18.2 Å². The molecule has 0 spiro atoms. The number of halogens is 1. The molecule has 0 amide bonds. The van der Waals surface area contributed by atoms with E-state index >= 15 is 0 Å². The summed E-state index contributed by atoms with van der Waals surface area (Å²) in [6.45, 7) is 0. The van der Waals surface area contributed by atoms with Crippen molar-refractivity contribution in [3.63, 3.8) is 0 Å². The molecule has 0 saturated heterocycles. The minimum atomic E-state index is -0.247. The van der Waals surface area contributed by atoms with Crippen molar-refractivity contribution in [1.29, 1.82) is 0 Å². The predicted molar refractivity (Wildman–Crippen MR) is 80.8 cm³/mol.